The summed E-state index contributed by atoms with van der Waals surface area (Å²) in [5.41, 5.74) is 9.79. The molecule has 39 heavy (non-hydrogen) atoms. The zero-order chi connectivity index (χ0) is 27.4. The average Bonchev–Trinajstić information content (AvgIpc) is 3.25. The second-order valence-electron chi connectivity index (χ2n) is 11.5. The van der Waals surface area contributed by atoms with Crippen molar-refractivity contribution >= 4 is 12.2 Å². The summed E-state index contributed by atoms with van der Waals surface area (Å²) in [6.45, 7) is 7.49. The fourth-order valence-electron chi connectivity index (χ4n) is 6.19. The van der Waals surface area contributed by atoms with Crippen LogP contribution in [0, 0.1) is 5.41 Å². The third kappa shape index (κ3) is 6.02. The Hall–Kier alpha value is -3.63. The first-order valence-corrected chi connectivity index (χ1v) is 14.1. The van der Waals surface area contributed by atoms with E-state index >= 15 is 0 Å². The van der Waals surface area contributed by atoms with Crippen molar-refractivity contribution < 1.29 is 14.6 Å². The van der Waals surface area contributed by atoms with Crippen molar-refractivity contribution in [2.24, 2.45) is 5.41 Å². The minimum atomic E-state index is -0.667. The third-order valence-corrected chi connectivity index (χ3v) is 8.31. The molecule has 3 aromatic carbocycles. The van der Waals surface area contributed by atoms with Gasteiger partial charge in [0.2, 0.25) is 0 Å². The first-order valence-electron chi connectivity index (χ1n) is 14.1. The summed E-state index contributed by atoms with van der Waals surface area (Å²) < 4.78 is 5.62. The van der Waals surface area contributed by atoms with Gasteiger partial charge in [-0.25, -0.2) is 4.79 Å². The molecule has 0 aromatic heterocycles. The number of aliphatic hydroxyl groups excluding tert-OH is 1. The first kappa shape index (κ1) is 27.0. The van der Waals surface area contributed by atoms with E-state index in [1.807, 2.05) is 42.5 Å². The van der Waals surface area contributed by atoms with E-state index in [4.69, 9.17) is 4.74 Å². The molecule has 3 aromatic rings. The molecule has 4 heteroatoms. The Kier molecular flexibility index (Phi) is 8.04. The summed E-state index contributed by atoms with van der Waals surface area (Å²) in [4.78, 5) is 12.5. The average molecular weight is 522 g/mol. The summed E-state index contributed by atoms with van der Waals surface area (Å²) >= 11 is 0. The molecule has 1 atom stereocenters. The fourth-order valence-corrected chi connectivity index (χ4v) is 6.19. The van der Waals surface area contributed by atoms with Gasteiger partial charge in [-0.2, -0.15) is 0 Å². The largest absolute Gasteiger partial charge is 0.449 e. The molecule has 0 bridgehead atoms. The zero-order valence-electron chi connectivity index (χ0n) is 23.2. The molecule has 2 aliphatic rings. The molecule has 0 aliphatic heterocycles. The number of fused-ring (bicyclic) bond motifs is 3. The van der Waals surface area contributed by atoms with Gasteiger partial charge >= 0.3 is 6.09 Å². The van der Waals surface area contributed by atoms with Crippen LogP contribution in [-0.2, 0) is 4.74 Å². The number of rotatable bonds is 8. The van der Waals surface area contributed by atoms with Crippen molar-refractivity contribution in [2.45, 2.75) is 58.5 Å². The number of hydrogen-bond donors (Lipinski definition) is 2. The number of alkyl carbamates (subject to hydrolysis) is 1. The highest BCUT2D eigenvalue weighted by molar-refractivity contribution is 5.79. The van der Waals surface area contributed by atoms with E-state index in [0.29, 0.717) is 13.0 Å². The summed E-state index contributed by atoms with van der Waals surface area (Å²) in [5.74, 6) is 0.0308. The van der Waals surface area contributed by atoms with Gasteiger partial charge in [-0.1, -0.05) is 98.3 Å². The molecule has 0 saturated carbocycles. The van der Waals surface area contributed by atoms with Gasteiger partial charge in [-0.15, -0.1) is 0 Å². The number of allylic oxidation sites excluding steroid dienone is 3. The number of carbonyl (C=O) groups is 1. The summed E-state index contributed by atoms with van der Waals surface area (Å²) in [6, 6.07) is 24.6. The van der Waals surface area contributed by atoms with Crippen LogP contribution in [0.25, 0.3) is 17.2 Å². The lowest BCUT2D eigenvalue weighted by Crippen LogP contribution is -2.27. The van der Waals surface area contributed by atoms with Crippen LogP contribution >= 0.6 is 0 Å². The van der Waals surface area contributed by atoms with Gasteiger partial charge in [-0.05, 0) is 83.0 Å². The monoisotopic (exact) mass is 521 g/mol. The number of aliphatic hydroxyl groups is 1. The molecule has 0 fully saturated rings. The van der Waals surface area contributed by atoms with Crippen molar-refractivity contribution in [1.82, 2.24) is 5.32 Å². The molecule has 2 N–H and O–H groups in total. The van der Waals surface area contributed by atoms with Crippen molar-refractivity contribution in [1.29, 1.82) is 0 Å². The van der Waals surface area contributed by atoms with Gasteiger partial charge in [0.25, 0.3) is 0 Å². The lowest BCUT2D eigenvalue weighted by molar-refractivity contribution is 0.136. The molecule has 5 rings (SSSR count). The number of nitrogens with one attached hydrogen (secondary N) is 1. The number of amides is 1. The maximum atomic E-state index is 12.5. The van der Waals surface area contributed by atoms with Crippen molar-refractivity contribution in [2.75, 3.05) is 13.2 Å². The van der Waals surface area contributed by atoms with Gasteiger partial charge in [0.05, 0.1) is 6.10 Å². The summed E-state index contributed by atoms with van der Waals surface area (Å²) in [6.07, 6.45) is 7.31. The highest BCUT2D eigenvalue weighted by Crippen LogP contribution is 2.44. The molecule has 0 radical (unpaired) electrons. The van der Waals surface area contributed by atoms with Gasteiger partial charge in [-0.3, -0.25) is 0 Å². The Balaban J connectivity index is 1.13. The van der Waals surface area contributed by atoms with E-state index in [9.17, 15) is 9.90 Å². The Morgan fingerprint density at radius 3 is 2.41 bits per heavy atom. The molecular weight excluding hydrogens is 482 g/mol. The predicted molar refractivity (Wildman–Crippen MR) is 158 cm³/mol. The van der Waals surface area contributed by atoms with Crippen LogP contribution in [0.5, 0.6) is 0 Å². The fraction of sp³-hybridized carbons (Fsp3) is 0.343. The lowest BCUT2D eigenvalue weighted by atomic mass is 9.72. The van der Waals surface area contributed by atoms with Crippen LogP contribution in [-0.4, -0.2) is 24.4 Å². The summed E-state index contributed by atoms with van der Waals surface area (Å²) in [5, 5.41) is 13.6. The number of benzene rings is 3. The quantitative estimate of drug-likeness (QED) is 0.314. The summed E-state index contributed by atoms with van der Waals surface area (Å²) in [7, 11) is 0. The van der Waals surface area contributed by atoms with E-state index in [2.05, 4.69) is 68.6 Å². The van der Waals surface area contributed by atoms with Gasteiger partial charge in [0.1, 0.15) is 6.61 Å². The number of ether oxygens (including phenoxy) is 1. The van der Waals surface area contributed by atoms with Crippen LogP contribution in [0.15, 0.2) is 90.0 Å². The normalized spacial score (nSPS) is 17.1. The second-order valence-corrected chi connectivity index (χ2v) is 11.5. The molecular formula is C35H39NO3. The molecule has 0 saturated heterocycles. The number of carbonyl (C=O) groups excluding carboxylic acids is 1. The van der Waals surface area contributed by atoms with E-state index in [1.54, 1.807) is 0 Å². The lowest BCUT2D eigenvalue weighted by Gasteiger charge is -2.32. The van der Waals surface area contributed by atoms with E-state index in [-0.39, 0.29) is 17.9 Å². The van der Waals surface area contributed by atoms with Gasteiger partial charge in [0, 0.05) is 12.5 Å². The molecule has 0 heterocycles. The van der Waals surface area contributed by atoms with Crippen LogP contribution in [0.4, 0.5) is 4.79 Å². The van der Waals surface area contributed by atoms with Gasteiger partial charge < -0.3 is 15.2 Å². The van der Waals surface area contributed by atoms with Gasteiger partial charge in [0.15, 0.2) is 0 Å². The van der Waals surface area contributed by atoms with E-state index in [0.717, 1.165) is 11.1 Å². The maximum absolute atomic E-state index is 12.5. The highest BCUT2D eigenvalue weighted by Gasteiger charge is 2.29. The van der Waals surface area contributed by atoms with Crippen LogP contribution in [0.1, 0.15) is 80.7 Å². The highest BCUT2D eigenvalue weighted by atomic mass is 16.5. The molecule has 2 aliphatic carbocycles. The zero-order valence-corrected chi connectivity index (χ0v) is 23.2. The molecule has 0 spiro atoms. The molecule has 202 valence electrons. The molecule has 1 amide bonds. The van der Waals surface area contributed by atoms with Crippen LogP contribution in [0.2, 0.25) is 0 Å². The minimum Gasteiger partial charge on any atom is -0.449 e. The Bertz CT molecular complexity index is 1350. The van der Waals surface area contributed by atoms with Crippen molar-refractivity contribution in [3.05, 3.63) is 112 Å². The SMILES string of the molecule is CC1=C(/C=C/c2cccc(C(O)CCNC(=O)OCC3c4ccccc4-c4ccccc43)c2)C(C)(C)CCC1. The first-order chi connectivity index (χ1) is 18.8. The smallest absolute Gasteiger partial charge is 0.407 e. The molecule has 4 nitrogen and oxygen atoms in total. The maximum Gasteiger partial charge on any atom is 0.407 e. The second kappa shape index (κ2) is 11.6. The van der Waals surface area contributed by atoms with E-state index < -0.39 is 12.2 Å². The van der Waals surface area contributed by atoms with Crippen molar-refractivity contribution in [3.63, 3.8) is 0 Å². The minimum absolute atomic E-state index is 0.0308. The standard InChI is InChI=1S/C35H39NO3/c1-24-10-9-20-35(2,3)32(24)18-17-25-11-8-12-26(22-25)33(37)19-21-36-34(38)39-23-31-29-15-6-4-13-27(29)28-14-5-7-16-30(28)31/h4-8,11-18,22,31,33,37H,9-10,19-21,23H2,1-3H3,(H,36,38)/b18-17+. The van der Waals surface area contributed by atoms with Crippen LogP contribution in [0.3, 0.4) is 0 Å². The Morgan fingerprint density at radius 2 is 1.72 bits per heavy atom. The predicted octanol–water partition coefficient (Wildman–Crippen LogP) is 8.19. The Labute approximate surface area is 232 Å². The van der Waals surface area contributed by atoms with Crippen molar-refractivity contribution in [3.8, 4) is 11.1 Å². The Morgan fingerprint density at radius 1 is 1.03 bits per heavy atom. The van der Waals surface area contributed by atoms with Crippen LogP contribution < -0.4 is 5.32 Å². The van der Waals surface area contributed by atoms with E-state index in [1.165, 1.54) is 52.7 Å². The third-order valence-electron chi connectivity index (χ3n) is 8.31. The molecule has 1 unspecified atom stereocenters. The number of hydrogen-bond acceptors (Lipinski definition) is 3. The topological polar surface area (TPSA) is 58.6 Å².